The number of hydrogen-bond donors (Lipinski definition) is 0. The van der Waals surface area contributed by atoms with E-state index in [2.05, 4.69) is 17.0 Å². The molecule has 0 aliphatic rings. The minimum Gasteiger partial charge on any atom is -0.272 e. The molecule has 78 valence electrons. The van der Waals surface area contributed by atoms with E-state index in [1.54, 1.807) is 6.20 Å². The van der Waals surface area contributed by atoms with E-state index in [0.717, 1.165) is 17.8 Å². The Morgan fingerprint density at radius 1 is 1.33 bits per heavy atom. The molecule has 0 atom stereocenters. The van der Waals surface area contributed by atoms with Crippen LogP contribution in [-0.4, -0.2) is 14.8 Å². The normalized spacial score (nSPS) is 10.5. The van der Waals surface area contributed by atoms with Crippen molar-refractivity contribution in [1.82, 2.24) is 14.8 Å². The molecule has 0 fully saturated rings. The first-order chi connectivity index (χ1) is 7.40. The summed E-state index contributed by atoms with van der Waals surface area (Å²) in [4.78, 5) is 4.08. The van der Waals surface area contributed by atoms with Gasteiger partial charge in [0.25, 0.3) is 0 Å². The molecule has 0 saturated heterocycles. The quantitative estimate of drug-likeness (QED) is 0.761. The molecule has 0 aromatic carbocycles. The van der Waals surface area contributed by atoms with Crippen LogP contribution in [-0.2, 0) is 6.54 Å². The van der Waals surface area contributed by atoms with Gasteiger partial charge < -0.3 is 0 Å². The molecule has 0 N–H and O–H groups in total. The molecule has 3 nitrogen and oxygen atoms in total. The van der Waals surface area contributed by atoms with Crippen LogP contribution < -0.4 is 0 Å². The van der Waals surface area contributed by atoms with Gasteiger partial charge in [-0.15, -0.1) is 0 Å². The Hall–Kier alpha value is -1.64. The van der Waals surface area contributed by atoms with Crippen LogP contribution in [0.25, 0.3) is 11.3 Å². The Morgan fingerprint density at radius 3 is 3.00 bits per heavy atom. The molecule has 0 bridgehead atoms. The van der Waals surface area contributed by atoms with Gasteiger partial charge in [-0.2, -0.15) is 5.10 Å². The predicted octanol–water partition coefficient (Wildman–Crippen LogP) is 2.75. The van der Waals surface area contributed by atoms with E-state index in [1.165, 1.54) is 12.8 Å². The molecule has 0 amide bonds. The summed E-state index contributed by atoms with van der Waals surface area (Å²) in [5.74, 6) is 0. The number of hydrogen-bond acceptors (Lipinski definition) is 2. The lowest BCUT2D eigenvalue weighted by Gasteiger charge is -1.98. The highest BCUT2D eigenvalue weighted by molar-refractivity contribution is 5.56. The SMILES string of the molecule is CCCCn1ccc(-c2cccnc2)n1. The van der Waals surface area contributed by atoms with Crippen LogP contribution in [0.1, 0.15) is 19.8 Å². The second kappa shape index (κ2) is 4.73. The van der Waals surface area contributed by atoms with Gasteiger partial charge in [0.1, 0.15) is 0 Å². The maximum atomic E-state index is 4.49. The van der Waals surface area contributed by atoms with Crippen LogP contribution in [0.3, 0.4) is 0 Å². The number of pyridine rings is 1. The van der Waals surface area contributed by atoms with Crippen molar-refractivity contribution in [3.63, 3.8) is 0 Å². The van der Waals surface area contributed by atoms with Crippen molar-refractivity contribution < 1.29 is 0 Å². The second-order valence-corrected chi connectivity index (χ2v) is 3.56. The fourth-order valence-corrected chi connectivity index (χ4v) is 1.47. The summed E-state index contributed by atoms with van der Waals surface area (Å²) in [6.07, 6.45) is 8.01. The number of aryl methyl sites for hydroxylation is 1. The summed E-state index contributed by atoms with van der Waals surface area (Å²) in [5.41, 5.74) is 2.08. The Kier molecular flexibility index (Phi) is 3.12. The maximum absolute atomic E-state index is 4.49. The Labute approximate surface area is 89.8 Å². The van der Waals surface area contributed by atoms with Gasteiger partial charge in [0, 0.05) is 30.7 Å². The molecule has 0 aliphatic carbocycles. The largest absolute Gasteiger partial charge is 0.272 e. The van der Waals surface area contributed by atoms with Crippen LogP contribution >= 0.6 is 0 Å². The number of aromatic nitrogens is 3. The summed E-state index contributed by atoms with van der Waals surface area (Å²) < 4.78 is 1.99. The summed E-state index contributed by atoms with van der Waals surface area (Å²) in [7, 11) is 0. The average Bonchev–Trinajstić information content (AvgIpc) is 2.76. The number of rotatable bonds is 4. The van der Waals surface area contributed by atoms with Crippen molar-refractivity contribution in [2.24, 2.45) is 0 Å². The second-order valence-electron chi connectivity index (χ2n) is 3.56. The third-order valence-corrected chi connectivity index (χ3v) is 2.34. The molecule has 2 aromatic heterocycles. The minimum absolute atomic E-state index is 0.997. The fraction of sp³-hybridized carbons (Fsp3) is 0.333. The van der Waals surface area contributed by atoms with Crippen molar-refractivity contribution in [1.29, 1.82) is 0 Å². The van der Waals surface area contributed by atoms with Crippen molar-refractivity contribution in [3.8, 4) is 11.3 Å². The summed E-state index contributed by atoms with van der Waals surface area (Å²) in [5, 5.41) is 4.49. The monoisotopic (exact) mass is 201 g/mol. The third kappa shape index (κ3) is 2.43. The highest BCUT2D eigenvalue weighted by atomic mass is 15.3. The first-order valence-corrected chi connectivity index (χ1v) is 5.34. The van der Waals surface area contributed by atoms with Gasteiger partial charge >= 0.3 is 0 Å². The number of unbranched alkanes of at least 4 members (excludes halogenated alkanes) is 1. The third-order valence-electron chi connectivity index (χ3n) is 2.34. The smallest absolute Gasteiger partial charge is 0.0938 e. The minimum atomic E-state index is 0.997. The molecule has 0 radical (unpaired) electrons. The molecular weight excluding hydrogens is 186 g/mol. The lowest BCUT2D eigenvalue weighted by molar-refractivity contribution is 0.573. The molecule has 2 rings (SSSR count). The van der Waals surface area contributed by atoms with Gasteiger partial charge in [0.15, 0.2) is 0 Å². The van der Waals surface area contributed by atoms with E-state index in [1.807, 2.05) is 35.3 Å². The summed E-state index contributed by atoms with van der Waals surface area (Å²) in [6, 6.07) is 5.99. The molecule has 0 aliphatic heterocycles. The zero-order chi connectivity index (χ0) is 10.5. The lowest BCUT2D eigenvalue weighted by Crippen LogP contribution is -1.97. The molecule has 0 saturated carbocycles. The Balaban J connectivity index is 2.14. The van der Waals surface area contributed by atoms with E-state index in [9.17, 15) is 0 Å². The fourth-order valence-electron chi connectivity index (χ4n) is 1.47. The van der Waals surface area contributed by atoms with Crippen LogP contribution in [0, 0.1) is 0 Å². The van der Waals surface area contributed by atoms with Crippen LogP contribution in [0.4, 0.5) is 0 Å². The average molecular weight is 201 g/mol. The van der Waals surface area contributed by atoms with Crippen LogP contribution in [0.5, 0.6) is 0 Å². The van der Waals surface area contributed by atoms with Crippen molar-refractivity contribution in [2.75, 3.05) is 0 Å². The van der Waals surface area contributed by atoms with Crippen molar-refractivity contribution in [3.05, 3.63) is 36.8 Å². The van der Waals surface area contributed by atoms with Gasteiger partial charge in [0.05, 0.1) is 5.69 Å². The van der Waals surface area contributed by atoms with Gasteiger partial charge in [-0.05, 0) is 24.6 Å². The highest BCUT2D eigenvalue weighted by Crippen LogP contribution is 2.14. The summed E-state index contributed by atoms with van der Waals surface area (Å²) >= 11 is 0. The molecule has 0 unspecified atom stereocenters. The molecule has 2 aromatic rings. The van der Waals surface area contributed by atoms with Gasteiger partial charge in [-0.3, -0.25) is 9.67 Å². The topological polar surface area (TPSA) is 30.7 Å². The Bertz CT molecular complexity index is 406. The van der Waals surface area contributed by atoms with Gasteiger partial charge in [0.2, 0.25) is 0 Å². The molecular formula is C12H15N3. The van der Waals surface area contributed by atoms with E-state index in [-0.39, 0.29) is 0 Å². The van der Waals surface area contributed by atoms with Crippen LogP contribution in [0.15, 0.2) is 36.8 Å². The Morgan fingerprint density at radius 2 is 2.27 bits per heavy atom. The van der Waals surface area contributed by atoms with Crippen LogP contribution in [0.2, 0.25) is 0 Å². The molecule has 2 heterocycles. The van der Waals surface area contributed by atoms with Gasteiger partial charge in [-0.25, -0.2) is 0 Å². The van der Waals surface area contributed by atoms with E-state index in [0.29, 0.717) is 0 Å². The maximum Gasteiger partial charge on any atom is 0.0938 e. The van der Waals surface area contributed by atoms with Gasteiger partial charge in [-0.1, -0.05) is 13.3 Å². The standard InChI is InChI=1S/C12H15N3/c1-2-3-8-15-9-6-12(14-15)11-5-4-7-13-10-11/h4-7,9-10H,2-3,8H2,1H3. The molecule has 3 heteroatoms. The molecule has 0 spiro atoms. The zero-order valence-corrected chi connectivity index (χ0v) is 8.93. The number of nitrogens with zero attached hydrogens (tertiary/aromatic N) is 3. The van der Waals surface area contributed by atoms with E-state index < -0.39 is 0 Å². The summed E-state index contributed by atoms with van der Waals surface area (Å²) in [6.45, 7) is 3.18. The lowest BCUT2D eigenvalue weighted by atomic mass is 10.2. The molecule has 15 heavy (non-hydrogen) atoms. The highest BCUT2D eigenvalue weighted by Gasteiger charge is 2.00. The van der Waals surface area contributed by atoms with E-state index >= 15 is 0 Å². The predicted molar refractivity (Wildman–Crippen MR) is 60.4 cm³/mol. The first-order valence-electron chi connectivity index (χ1n) is 5.34. The van der Waals surface area contributed by atoms with E-state index in [4.69, 9.17) is 0 Å². The van der Waals surface area contributed by atoms with Crippen molar-refractivity contribution >= 4 is 0 Å². The zero-order valence-electron chi connectivity index (χ0n) is 8.93. The first kappa shape index (κ1) is 9.90. The van der Waals surface area contributed by atoms with Crippen molar-refractivity contribution in [2.45, 2.75) is 26.3 Å².